The van der Waals surface area contributed by atoms with Crippen LogP contribution in [0.4, 0.5) is 0 Å². The van der Waals surface area contributed by atoms with Crippen molar-refractivity contribution in [1.29, 1.82) is 0 Å². The van der Waals surface area contributed by atoms with Gasteiger partial charge in [-0.25, -0.2) is 0 Å². The summed E-state index contributed by atoms with van der Waals surface area (Å²) in [6.45, 7) is 13.8. The Bertz CT molecular complexity index is 480. The molecule has 1 rings (SSSR count). The molecule has 21 heavy (non-hydrogen) atoms. The highest BCUT2D eigenvalue weighted by Gasteiger charge is 2.12. The van der Waals surface area contributed by atoms with Crippen molar-refractivity contribution in [2.45, 2.75) is 59.8 Å². The molecule has 0 aliphatic rings. The third kappa shape index (κ3) is 7.17. The van der Waals surface area contributed by atoms with E-state index in [1.165, 1.54) is 16.7 Å². The van der Waals surface area contributed by atoms with Crippen LogP contribution in [-0.2, 0) is 5.41 Å². The lowest BCUT2D eigenvalue weighted by molar-refractivity contribution is 0.361. The quantitative estimate of drug-likeness (QED) is 0.578. The highest BCUT2D eigenvalue weighted by atomic mass is 16.5. The zero-order valence-corrected chi connectivity index (χ0v) is 14.5. The third-order valence-electron chi connectivity index (χ3n) is 3.49. The van der Waals surface area contributed by atoms with Gasteiger partial charge in [-0.05, 0) is 62.8 Å². The molecular weight excluding hydrogens is 256 g/mol. The number of hydrogen-bond acceptors (Lipinski definition) is 1. The van der Waals surface area contributed by atoms with Crippen molar-refractivity contribution in [3.8, 4) is 5.75 Å². The number of ether oxygens (including phenoxy) is 1. The van der Waals surface area contributed by atoms with Crippen LogP contribution in [0.3, 0.4) is 0 Å². The Morgan fingerprint density at radius 1 is 1.00 bits per heavy atom. The normalized spacial score (nSPS) is 12.2. The van der Waals surface area contributed by atoms with Gasteiger partial charge in [0.1, 0.15) is 12.4 Å². The Morgan fingerprint density at radius 2 is 1.62 bits per heavy atom. The SMILES string of the molecule is CC(C)=CCC/C(C)=C\COc1ccc(C(C)(C)C)cc1. The highest BCUT2D eigenvalue weighted by Crippen LogP contribution is 2.24. The van der Waals surface area contributed by atoms with Gasteiger partial charge in [0.15, 0.2) is 0 Å². The summed E-state index contributed by atoms with van der Waals surface area (Å²) in [5.41, 5.74) is 4.31. The summed E-state index contributed by atoms with van der Waals surface area (Å²) in [5.74, 6) is 0.941. The van der Waals surface area contributed by atoms with Gasteiger partial charge in [0.2, 0.25) is 0 Å². The standard InChI is InChI=1S/C20H30O/c1-16(2)8-7-9-17(3)14-15-21-19-12-10-18(11-13-19)20(4,5)6/h8,10-14H,7,9,15H2,1-6H3/b17-14-. The monoisotopic (exact) mass is 286 g/mol. The molecule has 1 aromatic rings. The number of benzene rings is 1. The van der Waals surface area contributed by atoms with Crippen LogP contribution in [0.25, 0.3) is 0 Å². The van der Waals surface area contributed by atoms with E-state index in [4.69, 9.17) is 4.74 Å². The first-order valence-electron chi connectivity index (χ1n) is 7.81. The molecule has 0 atom stereocenters. The Balaban J connectivity index is 2.43. The molecule has 116 valence electrons. The number of rotatable bonds is 6. The first kappa shape index (κ1) is 17.6. The van der Waals surface area contributed by atoms with Gasteiger partial charge in [-0.15, -0.1) is 0 Å². The maximum absolute atomic E-state index is 5.78. The molecule has 0 saturated heterocycles. The minimum Gasteiger partial charge on any atom is -0.490 e. The average molecular weight is 286 g/mol. The molecule has 0 radical (unpaired) electrons. The van der Waals surface area contributed by atoms with Crippen molar-refractivity contribution in [3.63, 3.8) is 0 Å². The van der Waals surface area contributed by atoms with Crippen LogP contribution in [0, 0.1) is 0 Å². The summed E-state index contributed by atoms with van der Waals surface area (Å²) >= 11 is 0. The van der Waals surface area contributed by atoms with Crippen LogP contribution in [-0.4, -0.2) is 6.61 Å². The first-order valence-corrected chi connectivity index (χ1v) is 7.81. The first-order chi connectivity index (χ1) is 9.79. The zero-order valence-electron chi connectivity index (χ0n) is 14.5. The van der Waals surface area contributed by atoms with E-state index >= 15 is 0 Å². The zero-order chi connectivity index (χ0) is 15.9. The van der Waals surface area contributed by atoms with E-state index in [-0.39, 0.29) is 5.41 Å². The lowest BCUT2D eigenvalue weighted by Crippen LogP contribution is -2.10. The van der Waals surface area contributed by atoms with Crippen molar-refractivity contribution >= 4 is 0 Å². The lowest BCUT2D eigenvalue weighted by Gasteiger charge is -2.19. The lowest BCUT2D eigenvalue weighted by atomic mass is 9.87. The van der Waals surface area contributed by atoms with E-state index in [2.05, 4.69) is 78.0 Å². The molecule has 0 aromatic heterocycles. The highest BCUT2D eigenvalue weighted by molar-refractivity contribution is 5.31. The summed E-state index contributed by atoms with van der Waals surface area (Å²) in [6.07, 6.45) is 6.68. The fourth-order valence-corrected chi connectivity index (χ4v) is 2.02. The van der Waals surface area contributed by atoms with Crippen LogP contribution >= 0.6 is 0 Å². The van der Waals surface area contributed by atoms with Crippen LogP contribution in [0.15, 0.2) is 47.6 Å². The Hall–Kier alpha value is -1.50. The minimum absolute atomic E-state index is 0.194. The van der Waals surface area contributed by atoms with Crippen LogP contribution in [0.1, 0.15) is 59.9 Å². The summed E-state index contributed by atoms with van der Waals surface area (Å²) in [5, 5.41) is 0. The average Bonchev–Trinajstić information content (AvgIpc) is 2.38. The van der Waals surface area contributed by atoms with E-state index in [1.807, 2.05) is 0 Å². The van der Waals surface area contributed by atoms with Gasteiger partial charge in [-0.3, -0.25) is 0 Å². The molecule has 0 fully saturated rings. The molecular formula is C20H30O. The Morgan fingerprint density at radius 3 is 2.14 bits per heavy atom. The summed E-state index contributed by atoms with van der Waals surface area (Å²) in [6, 6.07) is 8.43. The third-order valence-corrected chi connectivity index (χ3v) is 3.49. The molecule has 0 aliphatic heterocycles. The minimum atomic E-state index is 0.194. The van der Waals surface area contributed by atoms with Crippen molar-refractivity contribution in [1.82, 2.24) is 0 Å². The fraction of sp³-hybridized carbons (Fsp3) is 0.500. The van der Waals surface area contributed by atoms with Gasteiger partial charge in [-0.2, -0.15) is 0 Å². The number of allylic oxidation sites excluding steroid dienone is 3. The summed E-state index contributed by atoms with van der Waals surface area (Å²) in [7, 11) is 0. The molecule has 0 spiro atoms. The Labute approximate surface area is 130 Å². The summed E-state index contributed by atoms with van der Waals surface area (Å²) < 4.78 is 5.78. The second-order valence-electron chi connectivity index (χ2n) is 6.96. The predicted molar refractivity (Wildman–Crippen MR) is 93.1 cm³/mol. The van der Waals surface area contributed by atoms with Crippen LogP contribution < -0.4 is 4.74 Å². The smallest absolute Gasteiger partial charge is 0.119 e. The molecule has 1 heteroatoms. The van der Waals surface area contributed by atoms with Gasteiger partial charge in [0.25, 0.3) is 0 Å². The van der Waals surface area contributed by atoms with Crippen molar-refractivity contribution < 1.29 is 4.74 Å². The second kappa shape index (κ2) is 8.07. The fourth-order valence-electron chi connectivity index (χ4n) is 2.02. The molecule has 0 amide bonds. The molecule has 0 aliphatic carbocycles. The van der Waals surface area contributed by atoms with Gasteiger partial charge in [0.05, 0.1) is 0 Å². The van der Waals surface area contributed by atoms with E-state index in [9.17, 15) is 0 Å². The van der Waals surface area contributed by atoms with E-state index < -0.39 is 0 Å². The number of hydrogen-bond donors (Lipinski definition) is 0. The molecule has 0 bridgehead atoms. The van der Waals surface area contributed by atoms with E-state index in [0.29, 0.717) is 6.61 Å². The topological polar surface area (TPSA) is 9.23 Å². The van der Waals surface area contributed by atoms with E-state index in [1.54, 1.807) is 0 Å². The van der Waals surface area contributed by atoms with Crippen molar-refractivity contribution in [2.75, 3.05) is 6.61 Å². The van der Waals surface area contributed by atoms with Crippen molar-refractivity contribution in [2.24, 2.45) is 0 Å². The van der Waals surface area contributed by atoms with Crippen LogP contribution in [0.2, 0.25) is 0 Å². The molecule has 0 unspecified atom stereocenters. The van der Waals surface area contributed by atoms with Gasteiger partial charge >= 0.3 is 0 Å². The second-order valence-corrected chi connectivity index (χ2v) is 6.96. The molecule has 1 aromatic carbocycles. The van der Waals surface area contributed by atoms with Crippen LogP contribution in [0.5, 0.6) is 5.75 Å². The molecule has 0 N–H and O–H groups in total. The van der Waals surface area contributed by atoms with Gasteiger partial charge in [-0.1, -0.05) is 50.1 Å². The molecule has 0 heterocycles. The predicted octanol–water partition coefficient (Wildman–Crippen LogP) is 6.06. The largest absolute Gasteiger partial charge is 0.490 e. The van der Waals surface area contributed by atoms with Gasteiger partial charge < -0.3 is 4.74 Å². The maximum atomic E-state index is 5.78. The van der Waals surface area contributed by atoms with E-state index in [0.717, 1.165) is 18.6 Å². The maximum Gasteiger partial charge on any atom is 0.119 e. The van der Waals surface area contributed by atoms with Gasteiger partial charge in [0, 0.05) is 0 Å². The molecule has 1 nitrogen and oxygen atoms in total. The molecule has 0 saturated carbocycles. The van der Waals surface area contributed by atoms with Crippen molar-refractivity contribution in [3.05, 3.63) is 53.1 Å². The summed E-state index contributed by atoms with van der Waals surface area (Å²) in [4.78, 5) is 0. The Kier molecular flexibility index (Phi) is 6.74.